The van der Waals surface area contributed by atoms with Crippen LogP contribution in [-0.2, 0) is 4.79 Å². The van der Waals surface area contributed by atoms with Gasteiger partial charge in [0.05, 0.1) is 5.92 Å². The molecular formula is C16H29NO2. The summed E-state index contributed by atoms with van der Waals surface area (Å²) in [5, 5.41) is 12.8. The van der Waals surface area contributed by atoms with E-state index in [9.17, 15) is 4.79 Å². The Balaban J connectivity index is 1.73. The molecule has 2 N–H and O–H groups in total. The second-order valence-electron chi connectivity index (χ2n) is 7.25. The van der Waals surface area contributed by atoms with Gasteiger partial charge in [-0.3, -0.25) is 4.79 Å². The summed E-state index contributed by atoms with van der Waals surface area (Å²) >= 11 is 0. The highest BCUT2D eigenvalue weighted by Crippen LogP contribution is 2.36. The Hall–Kier alpha value is -0.570. The summed E-state index contributed by atoms with van der Waals surface area (Å²) in [6, 6.07) is 0.651. The smallest absolute Gasteiger partial charge is 0.306 e. The Kier molecular flexibility index (Phi) is 4.88. The summed E-state index contributed by atoms with van der Waals surface area (Å²) < 4.78 is 0. The second-order valence-corrected chi connectivity index (χ2v) is 7.25. The third-order valence-corrected chi connectivity index (χ3v) is 5.36. The fourth-order valence-corrected chi connectivity index (χ4v) is 3.79. The van der Waals surface area contributed by atoms with E-state index < -0.39 is 5.97 Å². The average molecular weight is 267 g/mol. The fourth-order valence-electron chi connectivity index (χ4n) is 3.79. The molecule has 3 heteroatoms. The zero-order valence-corrected chi connectivity index (χ0v) is 12.5. The van der Waals surface area contributed by atoms with E-state index in [4.69, 9.17) is 5.11 Å². The summed E-state index contributed by atoms with van der Waals surface area (Å²) in [5.74, 6) is 0.00974. The predicted molar refractivity (Wildman–Crippen MR) is 77.1 cm³/mol. The van der Waals surface area contributed by atoms with Gasteiger partial charge in [0.1, 0.15) is 0 Å². The number of nitrogens with one attached hydrogen (secondary N) is 1. The van der Waals surface area contributed by atoms with Crippen molar-refractivity contribution in [2.24, 2.45) is 17.3 Å². The molecule has 0 heterocycles. The van der Waals surface area contributed by atoms with Gasteiger partial charge in [-0.1, -0.05) is 26.7 Å². The van der Waals surface area contributed by atoms with E-state index >= 15 is 0 Å². The third kappa shape index (κ3) is 3.95. The molecule has 1 unspecified atom stereocenters. The number of aliphatic carboxylic acids is 1. The summed E-state index contributed by atoms with van der Waals surface area (Å²) in [5.41, 5.74) is 0.427. The molecule has 0 amide bonds. The normalized spacial score (nSPS) is 34.9. The zero-order chi connectivity index (χ0) is 13.9. The van der Waals surface area contributed by atoms with Crippen LogP contribution in [0.25, 0.3) is 0 Å². The van der Waals surface area contributed by atoms with Gasteiger partial charge >= 0.3 is 5.97 Å². The molecule has 0 saturated heterocycles. The number of rotatable bonds is 4. The van der Waals surface area contributed by atoms with Crippen LogP contribution >= 0.6 is 0 Å². The van der Waals surface area contributed by atoms with Crippen LogP contribution in [0.1, 0.15) is 65.2 Å². The minimum Gasteiger partial charge on any atom is -0.481 e. The van der Waals surface area contributed by atoms with E-state index in [2.05, 4.69) is 19.2 Å². The molecule has 0 aromatic rings. The van der Waals surface area contributed by atoms with E-state index in [0.717, 1.165) is 32.2 Å². The lowest BCUT2D eigenvalue weighted by molar-refractivity contribution is -0.143. The molecule has 19 heavy (non-hydrogen) atoms. The summed E-state index contributed by atoms with van der Waals surface area (Å²) in [6.45, 7) is 5.84. The molecule has 2 saturated carbocycles. The van der Waals surface area contributed by atoms with Gasteiger partial charge in [0.2, 0.25) is 0 Å². The van der Waals surface area contributed by atoms with Crippen LogP contribution in [0, 0.1) is 17.3 Å². The highest BCUT2D eigenvalue weighted by atomic mass is 16.4. The highest BCUT2D eigenvalue weighted by molar-refractivity contribution is 5.69. The Bertz CT molecular complexity index is 306. The van der Waals surface area contributed by atoms with Crippen molar-refractivity contribution in [3.8, 4) is 0 Å². The molecule has 0 aliphatic heterocycles. The van der Waals surface area contributed by atoms with E-state index in [1.807, 2.05) is 0 Å². The molecular weight excluding hydrogens is 238 g/mol. The summed E-state index contributed by atoms with van der Waals surface area (Å²) in [7, 11) is 0. The SMILES string of the molecule is CC1(C)CCCCC1NCC1CCC(C(=O)O)CC1. The van der Waals surface area contributed by atoms with Gasteiger partial charge in [-0.2, -0.15) is 0 Å². The number of carboxylic acids is 1. The van der Waals surface area contributed by atoms with Crippen molar-refractivity contribution in [3.63, 3.8) is 0 Å². The largest absolute Gasteiger partial charge is 0.481 e. The lowest BCUT2D eigenvalue weighted by Crippen LogP contribution is -2.46. The highest BCUT2D eigenvalue weighted by Gasteiger charge is 2.33. The molecule has 0 aromatic heterocycles. The molecule has 2 fully saturated rings. The second kappa shape index (κ2) is 6.25. The zero-order valence-electron chi connectivity index (χ0n) is 12.5. The predicted octanol–water partition coefficient (Wildman–Crippen LogP) is 3.44. The van der Waals surface area contributed by atoms with Crippen LogP contribution < -0.4 is 5.32 Å². The number of carbonyl (C=O) groups is 1. The van der Waals surface area contributed by atoms with E-state index in [0.29, 0.717) is 17.4 Å². The third-order valence-electron chi connectivity index (χ3n) is 5.36. The van der Waals surface area contributed by atoms with Crippen molar-refractivity contribution in [1.29, 1.82) is 0 Å². The molecule has 1 atom stereocenters. The van der Waals surface area contributed by atoms with Crippen LogP contribution in [0.15, 0.2) is 0 Å². The van der Waals surface area contributed by atoms with Crippen LogP contribution in [0.3, 0.4) is 0 Å². The molecule has 0 spiro atoms. The minimum atomic E-state index is -0.597. The van der Waals surface area contributed by atoms with Gasteiger partial charge in [0.25, 0.3) is 0 Å². The molecule has 3 nitrogen and oxygen atoms in total. The number of hydrogen-bond acceptors (Lipinski definition) is 2. The van der Waals surface area contributed by atoms with Crippen LogP contribution in [0.4, 0.5) is 0 Å². The topological polar surface area (TPSA) is 49.3 Å². The molecule has 2 rings (SSSR count). The van der Waals surface area contributed by atoms with Gasteiger partial charge in [-0.15, -0.1) is 0 Å². The van der Waals surface area contributed by atoms with Crippen molar-refractivity contribution in [2.45, 2.75) is 71.3 Å². The Morgan fingerprint density at radius 2 is 1.84 bits per heavy atom. The van der Waals surface area contributed by atoms with Gasteiger partial charge in [-0.25, -0.2) is 0 Å². The Morgan fingerprint density at radius 1 is 1.16 bits per heavy atom. The minimum absolute atomic E-state index is 0.0811. The first-order chi connectivity index (χ1) is 8.99. The standard InChI is InChI=1S/C16H29NO2/c1-16(2)10-4-3-5-14(16)17-11-12-6-8-13(9-7-12)15(18)19/h12-14,17H,3-11H2,1-2H3,(H,18,19). The van der Waals surface area contributed by atoms with Crippen molar-refractivity contribution in [2.75, 3.05) is 6.54 Å². The van der Waals surface area contributed by atoms with E-state index in [1.165, 1.54) is 25.7 Å². The number of hydrogen-bond donors (Lipinski definition) is 2. The number of carboxylic acid groups (broad SMARTS) is 1. The van der Waals surface area contributed by atoms with Crippen LogP contribution in [0.5, 0.6) is 0 Å². The molecule has 0 aromatic carbocycles. The molecule has 110 valence electrons. The first kappa shape index (κ1) is 14.8. The maximum Gasteiger partial charge on any atom is 0.306 e. The molecule has 0 bridgehead atoms. The van der Waals surface area contributed by atoms with Crippen LogP contribution in [0.2, 0.25) is 0 Å². The Labute approximate surface area is 117 Å². The fraction of sp³-hybridized carbons (Fsp3) is 0.938. The van der Waals surface area contributed by atoms with Gasteiger partial charge in [-0.05, 0) is 56.4 Å². The van der Waals surface area contributed by atoms with Gasteiger partial charge in [0.15, 0.2) is 0 Å². The molecule has 2 aliphatic carbocycles. The first-order valence-electron chi connectivity index (χ1n) is 7.95. The maximum absolute atomic E-state index is 10.9. The van der Waals surface area contributed by atoms with E-state index in [1.54, 1.807) is 0 Å². The van der Waals surface area contributed by atoms with Crippen molar-refractivity contribution >= 4 is 5.97 Å². The molecule has 2 aliphatic rings. The summed E-state index contributed by atoms with van der Waals surface area (Å²) in [4.78, 5) is 10.9. The monoisotopic (exact) mass is 267 g/mol. The average Bonchev–Trinajstić information content (AvgIpc) is 2.37. The lowest BCUT2D eigenvalue weighted by Gasteiger charge is -2.40. The van der Waals surface area contributed by atoms with E-state index in [-0.39, 0.29) is 5.92 Å². The Morgan fingerprint density at radius 3 is 2.42 bits per heavy atom. The van der Waals surface area contributed by atoms with Crippen molar-refractivity contribution in [3.05, 3.63) is 0 Å². The first-order valence-corrected chi connectivity index (χ1v) is 7.95. The van der Waals surface area contributed by atoms with Crippen molar-refractivity contribution in [1.82, 2.24) is 5.32 Å². The quantitative estimate of drug-likeness (QED) is 0.820. The maximum atomic E-state index is 10.9. The lowest BCUT2D eigenvalue weighted by atomic mass is 9.73. The van der Waals surface area contributed by atoms with Gasteiger partial charge < -0.3 is 10.4 Å². The summed E-state index contributed by atoms with van der Waals surface area (Å²) in [6.07, 6.45) is 9.26. The van der Waals surface area contributed by atoms with Crippen LogP contribution in [-0.4, -0.2) is 23.7 Å². The molecule has 0 radical (unpaired) electrons. The van der Waals surface area contributed by atoms with Crippen molar-refractivity contribution < 1.29 is 9.90 Å². The van der Waals surface area contributed by atoms with Gasteiger partial charge in [0, 0.05) is 6.04 Å².